The van der Waals surface area contributed by atoms with Gasteiger partial charge in [0.25, 0.3) is 0 Å². The Labute approximate surface area is 127 Å². The maximum absolute atomic E-state index is 3.81. The van der Waals surface area contributed by atoms with Gasteiger partial charge >= 0.3 is 0 Å². The zero-order chi connectivity index (χ0) is 15.6. The lowest BCUT2D eigenvalue weighted by molar-refractivity contribution is 0.0207. The van der Waals surface area contributed by atoms with E-state index in [0.29, 0.717) is 22.9 Å². The predicted octanol–water partition coefficient (Wildman–Crippen LogP) is 4.16. The molecule has 3 atom stereocenters. The second kappa shape index (κ2) is 6.79. The molecular formula is C18H38N2. The van der Waals surface area contributed by atoms with Gasteiger partial charge in [0.15, 0.2) is 0 Å². The first-order chi connectivity index (χ1) is 9.05. The number of hydrogen-bond donors (Lipinski definition) is 1. The highest BCUT2D eigenvalue weighted by molar-refractivity contribution is 4.96. The highest BCUT2D eigenvalue weighted by Crippen LogP contribution is 2.31. The maximum Gasteiger partial charge on any atom is 0.0269 e. The number of nitrogens with one attached hydrogen (secondary N) is 1. The van der Waals surface area contributed by atoms with Gasteiger partial charge in [-0.25, -0.2) is 0 Å². The van der Waals surface area contributed by atoms with E-state index in [4.69, 9.17) is 0 Å². The summed E-state index contributed by atoms with van der Waals surface area (Å²) in [6, 6.07) is 1.26. The number of piperazine rings is 1. The first kappa shape index (κ1) is 18.0. The van der Waals surface area contributed by atoms with Crippen molar-refractivity contribution in [2.75, 3.05) is 19.6 Å². The third-order valence-electron chi connectivity index (χ3n) is 4.79. The van der Waals surface area contributed by atoms with Crippen molar-refractivity contribution in [3.05, 3.63) is 0 Å². The third kappa shape index (κ3) is 5.04. The Morgan fingerprint density at radius 2 is 1.70 bits per heavy atom. The van der Waals surface area contributed by atoms with E-state index in [9.17, 15) is 0 Å². The topological polar surface area (TPSA) is 15.3 Å². The zero-order valence-corrected chi connectivity index (χ0v) is 15.2. The molecular weight excluding hydrogens is 244 g/mol. The van der Waals surface area contributed by atoms with Crippen LogP contribution < -0.4 is 5.32 Å². The highest BCUT2D eigenvalue weighted by Gasteiger charge is 2.39. The number of nitrogens with zero attached hydrogens (tertiary/aromatic N) is 1. The molecule has 0 aromatic carbocycles. The van der Waals surface area contributed by atoms with Gasteiger partial charge in [-0.1, -0.05) is 61.8 Å². The summed E-state index contributed by atoms with van der Waals surface area (Å²) >= 11 is 0. The van der Waals surface area contributed by atoms with Crippen molar-refractivity contribution in [2.45, 2.75) is 80.3 Å². The summed E-state index contributed by atoms with van der Waals surface area (Å²) in [5.74, 6) is 0.809. The summed E-state index contributed by atoms with van der Waals surface area (Å²) < 4.78 is 0. The van der Waals surface area contributed by atoms with Gasteiger partial charge < -0.3 is 5.32 Å². The molecule has 0 bridgehead atoms. The molecule has 1 aliphatic rings. The molecule has 3 unspecified atom stereocenters. The van der Waals surface area contributed by atoms with Crippen LogP contribution in [0.2, 0.25) is 0 Å². The minimum absolute atomic E-state index is 0.342. The molecule has 0 saturated carbocycles. The van der Waals surface area contributed by atoms with E-state index >= 15 is 0 Å². The SMILES string of the molecule is CCCC(C)CN1CC(C(C)(C)C)NCC1C(C)(C)C. The Kier molecular flexibility index (Phi) is 6.10. The lowest BCUT2D eigenvalue weighted by Crippen LogP contribution is -2.64. The molecule has 2 heteroatoms. The van der Waals surface area contributed by atoms with Gasteiger partial charge in [-0.05, 0) is 23.2 Å². The lowest BCUT2D eigenvalue weighted by atomic mass is 9.79. The molecule has 1 rings (SSSR count). The fourth-order valence-corrected chi connectivity index (χ4v) is 3.43. The molecule has 0 spiro atoms. The maximum atomic E-state index is 3.81. The van der Waals surface area contributed by atoms with E-state index < -0.39 is 0 Å². The van der Waals surface area contributed by atoms with Gasteiger partial charge in [0.1, 0.15) is 0 Å². The van der Waals surface area contributed by atoms with E-state index in [1.165, 1.54) is 25.9 Å². The molecule has 0 aliphatic carbocycles. The molecule has 0 aromatic heterocycles. The monoisotopic (exact) mass is 282 g/mol. The molecule has 20 heavy (non-hydrogen) atoms. The first-order valence-corrected chi connectivity index (χ1v) is 8.53. The molecule has 1 fully saturated rings. The standard InChI is InChI=1S/C18H38N2/c1-9-10-14(2)12-20-13-15(17(3,4)5)19-11-16(20)18(6,7)8/h14-16,19H,9-13H2,1-8H3. The van der Waals surface area contributed by atoms with Crippen molar-refractivity contribution in [3.8, 4) is 0 Å². The largest absolute Gasteiger partial charge is 0.311 e. The quantitative estimate of drug-likeness (QED) is 0.833. The van der Waals surface area contributed by atoms with E-state index in [-0.39, 0.29) is 0 Å². The highest BCUT2D eigenvalue weighted by atomic mass is 15.2. The van der Waals surface area contributed by atoms with E-state index in [0.717, 1.165) is 12.5 Å². The summed E-state index contributed by atoms with van der Waals surface area (Å²) in [6.07, 6.45) is 2.65. The Bertz CT molecular complexity index is 285. The van der Waals surface area contributed by atoms with Crippen LogP contribution in [-0.4, -0.2) is 36.6 Å². The van der Waals surface area contributed by atoms with Crippen molar-refractivity contribution < 1.29 is 0 Å². The number of rotatable bonds is 4. The van der Waals surface area contributed by atoms with Crippen LogP contribution in [0.1, 0.15) is 68.2 Å². The van der Waals surface area contributed by atoms with Crippen LogP contribution in [0.5, 0.6) is 0 Å². The molecule has 1 N–H and O–H groups in total. The average Bonchev–Trinajstić information content (AvgIpc) is 2.26. The van der Waals surface area contributed by atoms with Crippen molar-refractivity contribution in [2.24, 2.45) is 16.7 Å². The van der Waals surface area contributed by atoms with E-state index in [1.807, 2.05) is 0 Å². The summed E-state index contributed by atoms with van der Waals surface area (Å²) in [6.45, 7) is 22.5. The van der Waals surface area contributed by atoms with Crippen LogP contribution >= 0.6 is 0 Å². The Hall–Kier alpha value is -0.0800. The Balaban J connectivity index is 2.78. The fraction of sp³-hybridized carbons (Fsp3) is 1.00. The molecule has 0 aromatic rings. The normalized spacial score (nSPS) is 27.6. The molecule has 120 valence electrons. The minimum Gasteiger partial charge on any atom is -0.311 e. The number of hydrogen-bond acceptors (Lipinski definition) is 2. The molecule has 1 saturated heterocycles. The lowest BCUT2D eigenvalue weighted by Gasteiger charge is -2.50. The van der Waals surface area contributed by atoms with Crippen molar-refractivity contribution in [3.63, 3.8) is 0 Å². The van der Waals surface area contributed by atoms with Crippen LogP contribution in [-0.2, 0) is 0 Å². The van der Waals surface area contributed by atoms with Crippen LogP contribution in [0.4, 0.5) is 0 Å². The predicted molar refractivity (Wildman–Crippen MR) is 90.1 cm³/mol. The molecule has 0 amide bonds. The van der Waals surface area contributed by atoms with Gasteiger partial charge in [0, 0.05) is 31.7 Å². The van der Waals surface area contributed by atoms with Gasteiger partial charge in [0.2, 0.25) is 0 Å². The van der Waals surface area contributed by atoms with Crippen LogP contribution in [0.15, 0.2) is 0 Å². The smallest absolute Gasteiger partial charge is 0.0269 e. The average molecular weight is 283 g/mol. The van der Waals surface area contributed by atoms with Gasteiger partial charge in [-0.15, -0.1) is 0 Å². The molecule has 1 aliphatic heterocycles. The van der Waals surface area contributed by atoms with Crippen LogP contribution in [0.25, 0.3) is 0 Å². The second-order valence-electron chi connectivity index (χ2n) is 9.06. The molecule has 2 nitrogen and oxygen atoms in total. The summed E-state index contributed by atoms with van der Waals surface area (Å²) in [4.78, 5) is 2.77. The minimum atomic E-state index is 0.342. The fourth-order valence-electron chi connectivity index (χ4n) is 3.43. The second-order valence-corrected chi connectivity index (χ2v) is 9.06. The van der Waals surface area contributed by atoms with E-state index in [2.05, 4.69) is 65.6 Å². The van der Waals surface area contributed by atoms with Crippen molar-refractivity contribution in [1.82, 2.24) is 10.2 Å². The summed E-state index contributed by atoms with van der Waals surface area (Å²) in [7, 11) is 0. The third-order valence-corrected chi connectivity index (χ3v) is 4.79. The zero-order valence-electron chi connectivity index (χ0n) is 15.2. The summed E-state index contributed by atoms with van der Waals surface area (Å²) in [5, 5.41) is 3.81. The van der Waals surface area contributed by atoms with Crippen LogP contribution in [0, 0.1) is 16.7 Å². The summed E-state index contributed by atoms with van der Waals surface area (Å²) in [5.41, 5.74) is 0.691. The van der Waals surface area contributed by atoms with Gasteiger partial charge in [0.05, 0.1) is 0 Å². The Morgan fingerprint density at radius 1 is 1.10 bits per heavy atom. The van der Waals surface area contributed by atoms with Crippen molar-refractivity contribution >= 4 is 0 Å². The van der Waals surface area contributed by atoms with Gasteiger partial charge in [-0.2, -0.15) is 0 Å². The molecule has 0 radical (unpaired) electrons. The van der Waals surface area contributed by atoms with Crippen LogP contribution in [0.3, 0.4) is 0 Å². The van der Waals surface area contributed by atoms with E-state index in [1.54, 1.807) is 0 Å². The molecule has 1 heterocycles. The first-order valence-electron chi connectivity index (χ1n) is 8.53. The van der Waals surface area contributed by atoms with Crippen molar-refractivity contribution in [1.29, 1.82) is 0 Å². The van der Waals surface area contributed by atoms with Gasteiger partial charge in [-0.3, -0.25) is 4.90 Å². The Morgan fingerprint density at radius 3 is 2.15 bits per heavy atom.